The van der Waals surface area contributed by atoms with Crippen LogP contribution in [-0.4, -0.2) is 41.7 Å². The maximum Gasteiger partial charge on any atom is 0.242 e. The standard InChI is InChI=1S/C9H13ClN6O2/c10-5-3-13-9(15-12)14-8(5)16-1-2-18-4-6(16)7(11)17/h3,6H,1-2,4,12H2,(H2,11,17)(H,13,14,15). The van der Waals surface area contributed by atoms with E-state index in [1.54, 1.807) is 4.90 Å². The van der Waals surface area contributed by atoms with Gasteiger partial charge in [-0.3, -0.25) is 10.2 Å². The van der Waals surface area contributed by atoms with Crippen molar-refractivity contribution in [2.45, 2.75) is 6.04 Å². The highest BCUT2D eigenvalue weighted by molar-refractivity contribution is 6.32. The molecule has 0 bridgehead atoms. The largest absolute Gasteiger partial charge is 0.377 e. The number of nitrogens with two attached hydrogens (primary N) is 2. The summed E-state index contributed by atoms with van der Waals surface area (Å²) < 4.78 is 5.22. The molecule has 5 N–H and O–H groups in total. The van der Waals surface area contributed by atoms with Crippen molar-refractivity contribution in [2.24, 2.45) is 11.6 Å². The van der Waals surface area contributed by atoms with Gasteiger partial charge in [0.05, 0.1) is 19.4 Å². The summed E-state index contributed by atoms with van der Waals surface area (Å²) in [5, 5.41) is 0.321. The Balaban J connectivity index is 2.35. The van der Waals surface area contributed by atoms with Crippen LogP contribution in [0.5, 0.6) is 0 Å². The van der Waals surface area contributed by atoms with Crippen molar-refractivity contribution in [3.63, 3.8) is 0 Å². The summed E-state index contributed by atoms with van der Waals surface area (Å²) in [6.45, 7) is 1.14. The first-order valence-electron chi connectivity index (χ1n) is 5.26. The third kappa shape index (κ3) is 2.45. The van der Waals surface area contributed by atoms with Gasteiger partial charge in [0.1, 0.15) is 11.1 Å². The summed E-state index contributed by atoms with van der Waals surface area (Å²) in [6, 6.07) is -0.600. The number of ether oxygens (including phenoxy) is 1. The molecule has 1 aromatic rings. The molecule has 1 fully saturated rings. The lowest BCUT2D eigenvalue weighted by molar-refractivity contribution is -0.121. The monoisotopic (exact) mass is 272 g/mol. The van der Waals surface area contributed by atoms with E-state index < -0.39 is 11.9 Å². The van der Waals surface area contributed by atoms with Crippen molar-refractivity contribution in [3.05, 3.63) is 11.2 Å². The number of nitrogens with one attached hydrogen (secondary N) is 1. The molecule has 18 heavy (non-hydrogen) atoms. The lowest BCUT2D eigenvalue weighted by Gasteiger charge is -2.34. The quantitative estimate of drug-likeness (QED) is 0.482. The molecule has 2 rings (SSSR count). The summed E-state index contributed by atoms with van der Waals surface area (Å²) in [5.74, 6) is 5.37. The van der Waals surface area contributed by atoms with Gasteiger partial charge in [-0.25, -0.2) is 10.8 Å². The van der Waals surface area contributed by atoms with Gasteiger partial charge in [0.25, 0.3) is 0 Å². The fourth-order valence-corrected chi connectivity index (χ4v) is 1.92. The summed E-state index contributed by atoms with van der Waals surface area (Å²) in [6.07, 6.45) is 1.41. The van der Waals surface area contributed by atoms with Crippen LogP contribution in [0.2, 0.25) is 5.02 Å². The molecule has 8 nitrogen and oxygen atoms in total. The number of anilines is 2. The average Bonchev–Trinajstić information content (AvgIpc) is 2.39. The van der Waals surface area contributed by atoms with Gasteiger partial charge in [0.2, 0.25) is 11.9 Å². The molecule has 1 amide bonds. The molecule has 1 aromatic heterocycles. The van der Waals surface area contributed by atoms with Crippen molar-refractivity contribution < 1.29 is 9.53 Å². The molecule has 1 unspecified atom stereocenters. The Morgan fingerprint density at radius 2 is 2.44 bits per heavy atom. The summed E-state index contributed by atoms with van der Waals surface area (Å²) in [4.78, 5) is 21.1. The molecular formula is C9H13ClN6O2. The molecule has 9 heteroatoms. The lowest BCUT2D eigenvalue weighted by Crippen LogP contribution is -2.53. The number of primary amides is 1. The van der Waals surface area contributed by atoms with Crippen LogP contribution in [0.1, 0.15) is 0 Å². The number of hydrazine groups is 1. The van der Waals surface area contributed by atoms with Crippen LogP contribution in [0.25, 0.3) is 0 Å². The van der Waals surface area contributed by atoms with Crippen LogP contribution in [0.3, 0.4) is 0 Å². The van der Waals surface area contributed by atoms with Crippen molar-refractivity contribution in [3.8, 4) is 0 Å². The third-order valence-electron chi connectivity index (χ3n) is 2.58. The van der Waals surface area contributed by atoms with Crippen LogP contribution < -0.4 is 21.9 Å². The van der Waals surface area contributed by atoms with Crippen molar-refractivity contribution in [2.75, 3.05) is 30.1 Å². The number of carbonyl (C=O) groups excluding carboxylic acids is 1. The number of hydrogen-bond donors (Lipinski definition) is 3. The van der Waals surface area contributed by atoms with E-state index in [1.807, 2.05) is 0 Å². The number of aromatic nitrogens is 2. The zero-order valence-electron chi connectivity index (χ0n) is 9.47. The first-order chi connectivity index (χ1) is 8.63. The average molecular weight is 273 g/mol. The first-order valence-corrected chi connectivity index (χ1v) is 5.64. The van der Waals surface area contributed by atoms with Crippen LogP contribution in [0.4, 0.5) is 11.8 Å². The Hall–Kier alpha value is -1.64. The lowest BCUT2D eigenvalue weighted by atomic mass is 10.2. The van der Waals surface area contributed by atoms with Crippen LogP contribution >= 0.6 is 11.6 Å². The van der Waals surface area contributed by atoms with Crippen LogP contribution in [0.15, 0.2) is 6.20 Å². The van der Waals surface area contributed by atoms with E-state index in [2.05, 4.69) is 15.4 Å². The second kappa shape index (κ2) is 5.34. The molecule has 2 heterocycles. The number of halogens is 1. The van der Waals surface area contributed by atoms with Gasteiger partial charge < -0.3 is 15.4 Å². The van der Waals surface area contributed by atoms with Gasteiger partial charge in [0.15, 0.2) is 5.82 Å². The number of nitrogens with zero attached hydrogens (tertiary/aromatic N) is 3. The molecule has 0 radical (unpaired) electrons. The van der Waals surface area contributed by atoms with Crippen LogP contribution in [0, 0.1) is 0 Å². The van der Waals surface area contributed by atoms with E-state index in [1.165, 1.54) is 6.20 Å². The molecule has 0 aromatic carbocycles. The minimum absolute atomic E-state index is 0.209. The van der Waals surface area contributed by atoms with E-state index in [9.17, 15) is 4.79 Å². The zero-order chi connectivity index (χ0) is 13.1. The van der Waals surface area contributed by atoms with Gasteiger partial charge in [-0.05, 0) is 0 Å². The number of carbonyl (C=O) groups is 1. The summed E-state index contributed by atoms with van der Waals surface area (Å²) in [7, 11) is 0. The smallest absolute Gasteiger partial charge is 0.242 e. The van der Waals surface area contributed by atoms with Gasteiger partial charge in [-0.15, -0.1) is 0 Å². The normalized spacial score (nSPS) is 19.7. The van der Waals surface area contributed by atoms with Gasteiger partial charge in [0, 0.05) is 6.54 Å². The molecule has 0 aliphatic carbocycles. The minimum Gasteiger partial charge on any atom is -0.377 e. The molecule has 0 spiro atoms. The van der Waals surface area contributed by atoms with Gasteiger partial charge in [-0.1, -0.05) is 11.6 Å². The highest BCUT2D eigenvalue weighted by Gasteiger charge is 2.30. The Morgan fingerprint density at radius 3 is 3.11 bits per heavy atom. The minimum atomic E-state index is -0.600. The highest BCUT2D eigenvalue weighted by atomic mass is 35.5. The SMILES string of the molecule is NNc1ncc(Cl)c(N2CCOCC2C(N)=O)n1. The predicted octanol–water partition coefficient (Wildman–Crippen LogP) is -0.894. The highest BCUT2D eigenvalue weighted by Crippen LogP contribution is 2.26. The zero-order valence-corrected chi connectivity index (χ0v) is 10.2. The molecule has 1 saturated heterocycles. The molecular weight excluding hydrogens is 260 g/mol. The second-order valence-electron chi connectivity index (χ2n) is 3.70. The third-order valence-corrected chi connectivity index (χ3v) is 2.85. The molecule has 1 aliphatic heterocycles. The number of hydrogen-bond acceptors (Lipinski definition) is 7. The van der Waals surface area contributed by atoms with E-state index >= 15 is 0 Å². The van der Waals surface area contributed by atoms with Crippen molar-refractivity contribution in [1.29, 1.82) is 0 Å². The Bertz CT molecular complexity index is 457. The fourth-order valence-electron chi connectivity index (χ4n) is 1.72. The maximum atomic E-state index is 11.4. The summed E-state index contributed by atoms with van der Waals surface area (Å²) in [5.41, 5.74) is 7.65. The Labute approximate surface area is 108 Å². The Morgan fingerprint density at radius 1 is 1.67 bits per heavy atom. The topological polar surface area (TPSA) is 119 Å². The van der Waals surface area contributed by atoms with Crippen molar-refractivity contribution >= 4 is 29.3 Å². The predicted molar refractivity (Wildman–Crippen MR) is 66.0 cm³/mol. The Kier molecular flexibility index (Phi) is 3.80. The number of nitrogen functional groups attached to an aromatic ring is 1. The van der Waals surface area contributed by atoms with E-state index in [4.69, 9.17) is 27.9 Å². The summed E-state index contributed by atoms with van der Waals surface area (Å²) >= 11 is 6.03. The van der Waals surface area contributed by atoms with Gasteiger partial charge >= 0.3 is 0 Å². The van der Waals surface area contributed by atoms with Crippen molar-refractivity contribution in [1.82, 2.24) is 9.97 Å². The number of morpholine rings is 1. The molecule has 1 atom stereocenters. The fraction of sp³-hybridized carbons (Fsp3) is 0.444. The molecule has 98 valence electrons. The number of rotatable bonds is 3. The number of amides is 1. The van der Waals surface area contributed by atoms with E-state index in [0.717, 1.165) is 0 Å². The van der Waals surface area contributed by atoms with Gasteiger partial charge in [-0.2, -0.15) is 4.98 Å². The van der Waals surface area contributed by atoms with E-state index in [0.29, 0.717) is 24.0 Å². The molecule has 1 aliphatic rings. The molecule has 0 saturated carbocycles. The first kappa shape index (κ1) is 12.8. The van der Waals surface area contributed by atoms with Crippen LogP contribution in [-0.2, 0) is 9.53 Å². The maximum absolute atomic E-state index is 11.4. The van der Waals surface area contributed by atoms with E-state index in [-0.39, 0.29) is 12.6 Å². The second-order valence-corrected chi connectivity index (χ2v) is 4.10.